The van der Waals surface area contributed by atoms with Crippen molar-refractivity contribution in [1.29, 1.82) is 0 Å². The largest absolute Gasteiger partial charge is 0.389 e. The Hall–Kier alpha value is -0.940. The quantitative estimate of drug-likeness (QED) is 0.872. The van der Waals surface area contributed by atoms with Crippen molar-refractivity contribution in [2.75, 3.05) is 32.8 Å². The highest BCUT2D eigenvalue weighted by Gasteiger charge is 2.26. The molecule has 0 saturated carbocycles. The van der Waals surface area contributed by atoms with E-state index in [2.05, 4.69) is 18.7 Å². The number of rotatable bonds is 6. The first-order valence-electron chi connectivity index (χ1n) is 7.71. The molecule has 1 aliphatic heterocycles. The van der Waals surface area contributed by atoms with Crippen LogP contribution in [0, 0.1) is 0 Å². The van der Waals surface area contributed by atoms with Crippen LogP contribution < -0.4 is 0 Å². The van der Waals surface area contributed by atoms with Gasteiger partial charge in [0.05, 0.1) is 24.9 Å². The number of nitrogens with zero attached hydrogens (tertiary/aromatic N) is 1. The lowest BCUT2D eigenvalue weighted by Gasteiger charge is -2.30. The molecule has 4 nitrogen and oxygen atoms in total. The second kappa shape index (κ2) is 7.90. The van der Waals surface area contributed by atoms with E-state index in [1.807, 2.05) is 30.3 Å². The molecule has 1 aromatic carbocycles. The Morgan fingerprint density at radius 2 is 2.10 bits per heavy atom. The normalized spacial score (nSPS) is 20.9. The van der Waals surface area contributed by atoms with Crippen LogP contribution in [0.25, 0.3) is 0 Å². The van der Waals surface area contributed by atoms with Gasteiger partial charge in [0.2, 0.25) is 0 Å². The van der Waals surface area contributed by atoms with Crippen LogP contribution in [0.15, 0.2) is 30.3 Å². The van der Waals surface area contributed by atoms with Crippen molar-refractivity contribution >= 4 is 0 Å². The third kappa shape index (κ3) is 6.14. The molecule has 1 heterocycles. The molecule has 1 aromatic rings. The van der Waals surface area contributed by atoms with E-state index >= 15 is 0 Å². The van der Waals surface area contributed by atoms with Crippen LogP contribution in [0.4, 0.5) is 0 Å². The average Bonchev–Trinajstić information content (AvgIpc) is 2.60. The van der Waals surface area contributed by atoms with Gasteiger partial charge in [-0.25, -0.2) is 0 Å². The summed E-state index contributed by atoms with van der Waals surface area (Å²) in [4.78, 5) is 2.27. The molecular formula is C17H27NO3. The minimum absolute atomic E-state index is 0.138. The van der Waals surface area contributed by atoms with Crippen molar-refractivity contribution in [3.8, 4) is 0 Å². The van der Waals surface area contributed by atoms with Gasteiger partial charge in [0.1, 0.15) is 0 Å². The number of hydrogen-bond donors (Lipinski definition) is 1. The maximum Gasteiger partial charge on any atom is 0.0900 e. The van der Waals surface area contributed by atoms with Gasteiger partial charge in [-0.05, 0) is 25.8 Å². The maximum absolute atomic E-state index is 10.1. The summed E-state index contributed by atoms with van der Waals surface area (Å²) < 4.78 is 11.4. The number of benzene rings is 1. The van der Waals surface area contributed by atoms with Crippen molar-refractivity contribution < 1.29 is 14.6 Å². The predicted octanol–water partition coefficient (Wildman–Crippen LogP) is 2.06. The summed E-state index contributed by atoms with van der Waals surface area (Å²) in [6, 6.07) is 10.0. The van der Waals surface area contributed by atoms with Gasteiger partial charge in [0.15, 0.2) is 0 Å². The molecule has 0 spiro atoms. The Morgan fingerprint density at radius 1 is 1.33 bits per heavy atom. The van der Waals surface area contributed by atoms with Gasteiger partial charge in [-0.1, -0.05) is 30.3 Å². The molecule has 1 fully saturated rings. The molecule has 0 aliphatic carbocycles. The maximum atomic E-state index is 10.1. The van der Waals surface area contributed by atoms with Crippen molar-refractivity contribution in [1.82, 2.24) is 4.90 Å². The molecule has 1 N–H and O–H groups in total. The SMILES string of the molecule is CC1(C)CN(CC(O)COCc2ccccc2)CCCO1. The fourth-order valence-electron chi connectivity index (χ4n) is 2.69. The molecule has 1 atom stereocenters. The fourth-order valence-corrected chi connectivity index (χ4v) is 2.69. The van der Waals surface area contributed by atoms with Crippen molar-refractivity contribution in [3.05, 3.63) is 35.9 Å². The van der Waals surface area contributed by atoms with E-state index < -0.39 is 6.10 Å². The molecule has 1 saturated heterocycles. The number of ether oxygens (including phenoxy) is 2. The summed E-state index contributed by atoms with van der Waals surface area (Å²) >= 11 is 0. The molecule has 0 bridgehead atoms. The summed E-state index contributed by atoms with van der Waals surface area (Å²) in [5, 5.41) is 10.1. The van der Waals surface area contributed by atoms with E-state index in [0.717, 1.165) is 31.7 Å². The Balaban J connectivity index is 1.70. The predicted molar refractivity (Wildman–Crippen MR) is 83.2 cm³/mol. The second-order valence-corrected chi connectivity index (χ2v) is 6.35. The van der Waals surface area contributed by atoms with E-state index in [1.165, 1.54) is 0 Å². The van der Waals surface area contributed by atoms with Crippen LogP contribution in [0.3, 0.4) is 0 Å². The number of β-amino-alcohol motifs (C(OH)–C–C–N with tert-alkyl or cyclic N) is 1. The lowest BCUT2D eigenvalue weighted by Crippen LogP contribution is -2.42. The Labute approximate surface area is 127 Å². The zero-order valence-electron chi connectivity index (χ0n) is 13.1. The van der Waals surface area contributed by atoms with Crippen molar-refractivity contribution in [3.63, 3.8) is 0 Å². The molecule has 0 amide bonds. The third-order valence-electron chi connectivity index (χ3n) is 3.61. The Kier molecular flexibility index (Phi) is 6.18. The molecule has 2 rings (SSSR count). The molecule has 118 valence electrons. The Bertz CT molecular complexity index is 408. The highest BCUT2D eigenvalue weighted by molar-refractivity contribution is 5.13. The summed E-state index contributed by atoms with van der Waals surface area (Å²) in [7, 11) is 0. The zero-order valence-corrected chi connectivity index (χ0v) is 13.1. The van der Waals surface area contributed by atoms with Crippen molar-refractivity contribution in [2.45, 2.75) is 38.6 Å². The van der Waals surface area contributed by atoms with Crippen LogP contribution in [0.1, 0.15) is 25.8 Å². The van der Waals surface area contributed by atoms with Gasteiger partial charge >= 0.3 is 0 Å². The van der Waals surface area contributed by atoms with E-state index in [4.69, 9.17) is 9.47 Å². The highest BCUT2D eigenvalue weighted by Crippen LogP contribution is 2.16. The summed E-state index contributed by atoms with van der Waals surface area (Å²) in [6.45, 7) is 8.37. The van der Waals surface area contributed by atoms with Crippen LogP contribution in [0.5, 0.6) is 0 Å². The first-order chi connectivity index (χ1) is 10.1. The smallest absolute Gasteiger partial charge is 0.0900 e. The fraction of sp³-hybridized carbons (Fsp3) is 0.647. The average molecular weight is 293 g/mol. The first-order valence-corrected chi connectivity index (χ1v) is 7.71. The van der Waals surface area contributed by atoms with E-state index in [9.17, 15) is 5.11 Å². The minimum atomic E-state index is -0.456. The topological polar surface area (TPSA) is 41.9 Å². The Morgan fingerprint density at radius 3 is 2.86 bits per heavy atom. The molecule has 1 unspecified atom stereocenters. The minimum Gasteiger partial charge on any atom is -0.389 e. The lowest BCUT2D eigenvalue weighted by atomic mass is 10.1. The molecule has 4 heteroatoms. The number of aliphatic hydroxyl groups excluding tert-OH is 1. The standard InChI is InChI=1S/C17H27NO3/c1-17(2)14-18(9-6-10-21-17)11-16(19)13-20-12-15-7-4-3-5-8-15/h3-5,7-8,16,19H,6,9-14H2,1-2H3. The number of aliphatic hydroxyl groups is 1. The van der Waals surface area contributed by atoms with Crippen LogP contribution in [0.2, 0.25) is 0 Å². The lowest BCUT2D eigenvalue weighted by molar-refractivity contribution is -0.0295. The second-order valence-electron chi connectivity index (χ2n) is 6.35. The van der Waals surface area contributed by atoms with Gasteiger partial charge in [-0.2, -0.15) is 0 Å². The van der Waals surface area contributed by atoms with Gasteiger partial charge in [0, 0.05) is 26.2 Å². The molecule has 21 heavy (non-hydrogen) atoms. The van der Waals surface area contributed by atoms with E-state index in [1.54, 1.807) is 0 Å². The molecular weight excluding hydrogens is 266 g/mol. The van der Waals surface area contributed by atoms with Gasteiger partial charge in [0.25, 0.3) is 0 Å². The molecule has 1 aliphatic rings. The van der Waals surface area contributed by atoms with Gasteiger partial charge < -0.3 is 14.6 Å². The zero-order chi connectivity index (χ0) is 15.1. The summed E-state index contributed by atoms with van der Waals surface area (Å²) in [6.07, 6.45) is 0.559. The molecule has 0 radical (unpaired) electrons. The highest BCUT2D eigenvalue weighted by atomic mass is 16.5. The van der Waals surface area contributed by atoms with Crippen LogP contribution in [-0.2, 0) is 16.1 Å². The van der Waals surface area contributed by atoms with E-state index in [-0.39, 0.29) is 5.60 Å². The van der Waals surface area contributed by atoms with Gasteiger partial charge in [-0.15, -0.1) is 0 Å². The van der Waals surface area contributed by atoms with Crippen LogP contribution >= 0.6 is 0 Å². The summed E-state index contributed by atoms with van der Waals surface area (Å²) in [5.41, 5.74) is 0.996. The summed E-state index contributed by atoms with van der Waals surface area (Å²) in [5.74, 6) is 0. The van der Waals surface area contributed by atoms with Crippen molar-refractivity contribution in [2.24, 2.45) is 0 Å². The first kappa shape index (κ1) is 16.4. The van der Waals surface area contributed by atoms with E-state index in [0.29, 0.717) is 19.8 Å². The van der Waals surface area contributed by atoms with Crippen LogP contribution in [-0.4, -0.2) is 54.6 Å². The monoisotopic (exact) mass is 293 g/mol. The van der Waals surface area contributed by atoms with Gasteiger partial charge in [-0.3, -0.25) is 4.90 Å². The number of hydrogen-bond acceptors (Lipinski definition) is 4. The third-order valence-corrected chi connectivity index (χ3v) is 3.61. The molecule has 0 aromatic heterocycles.